The maximum atomic E-state index is 11.2. The Morgan fingerprint density at radius 1 is 1.00 bits per heavy atom. The minimum atomic E-state index is -1.23. The standard InChI is InChI=1S/C14H24O4/c1-3-5-9-7-10(6-4-2)12(14(17)18)11(8-9)13(15)16/h9-12H,3-8H2,1-2H3,(H,15,16)(H,17,18)/p-2. The van der Waals surface area contributed by atoms with Gasteiger partial charge < -0.3 is 19.8 Å². The summed E-state index contributed by atoms with van der Waals surface area (Å²) < 4.78 is 0. The molecule has 18 heavy (non-hydrogen) atoms. The van der Waals surface area contributed by atoms with Crippen molar-refractivity contribution in [2.24, 2.45) is 23.7 Å². The normalized spacial score (nSPS) is 32.1. The Morgan fingerprint density at radius 2 is 1.61 bits per heavy atom. The molecule has 0 heterocycles. The van der Waals surface area contributed by atoms with Gasteiger partial charge in [0, 0.05) is 23.8 Å². The molecule has 0 bridgehead atoms. The van der Waals surface area contributed by atoms with Crippen LogP contribution in [0.1, 0.15) is 52.4 Å². The van der Waals surface area contributed by atoms with Crippen molar-refractivity contribution >= 4 is 11.9 Å². The molecule has 0 aromatic rings. The highest BCUT2D eigenvalue weighted by Gasteiger charge is 2.38. The van der Waals surface area contributed by atoms with Gasteiger partial charge >= 0.3 is 0 Å². The molecule has 0 aromatic heterocycles. The average Bonchev–Trinajstić information content (AvgIpc) is 2.28. The van der Waals surface area contributed by atoms with Crippen LogP contribution in [0.5, 0.6) is 0 Å². The zero-order chi connectivity index (χ0) is 13.7. The first kappa shape index (κ1) is 15.0. The number of carboxylic acid groups (broad SMARTS) is 2. The van der Waals surface area contributed by atoms with Crippen LogP contribution in [0.15, 0.2) is 0 Å². The zero-order valence-electron chi connectivity index (χ0n) is 11.2. The average molecular weight is 254 g/mol. The number of carbonyl (C=O) groups is 2. The summed E-state index contributed by atoms with van der Waals surface area (Å²) in [6, 6.07) is 0. The van der Waals surface area contributed by atoms with Crippen molar-refractivity contribution in [2.45, 2.75) is 52.4 Å². The molecular weight excluding hydrogens is 232 g/mol. The number of carbonyl (C=O) groups excluding carboxylic acids is 2. The molecule has 104 valence electrons. The lowest BCUT2D eigenvalue weighted by Gasteiger charge is -2.43. The van der Waals surface area contributed by atoms with Crippen molar-refractivity contribution in [3.63, 3.8) is 0 Å². The van der Waals surface area contributed by atoms with Gasteiger partial charge in [0.15, 0.2) is 0 Å². The van der Waals surface area contributed by atoms with Crippen molar-refractivity contribution in [3.05, 3.63) is 0 Å². The van der Waals surface area contributed by atoms with Gasteiger partial charge in [-0.25, -0.2) is 0 Å². The van der Waals surface area contributed by atoms with Gasteiger partial charge in [0.05, 0.1) is 0 Å². The first-order valence-corrected chi connectivity index (χ1v) is 6.92. The van der Waals surface area contributed by atoms with E-state index in [1.54, 1.807) is 0 Å². The minimum absolute atomic E-state index is 0.0757. The summed E-state index contributed by atoms with van der Waals surface area (Å²) in [5, 5.41) is 22.4. The lowest BCUT2D eigenvalue weighted by atomic mass is 9.65. The van der Waals surface area contributed by atoms with Crippen LogP contribution in [-0.4, -0.2) is 11.9 Å². The third-order valence-electron chi connectivity index (χ3n) is 4.10. The molecule has 4 heteroatoms. The van der Waals surface area contributed by atoms with E-state index in [2.05, 4.69) is 6.92 Å². The molecule has 1 fully saturated rings. The minimum Gasteiger partial charge on any atom is -0.550 e. The highest BCUT2D eigenvalue weighted by atomic mass is 16.4. The Hall–Kier alpha value is -1.06. The van der Waals surface area contributed by atoms with Crippen molar-refractivity contribution < 1.29 is 19.8 Å². The number of carboxylic acids is 2. The largest absolute Gasteiger partial charge is 0.550 e. The monoisotopic (exact) mass is 254 g/mol. The summed E-state index contributed by atoms with van der Waals surface area (Å²) in [5.74, 6) is -3.97. The Labute approximate surface area is 108 Å². The molecule has 1 saturated carbocycles. The second-order valence-corrected chi connectivity index (χ2v) is 5.45. The molecule has 1 aliphatic rings. The highest BCUT2D eigenvalue weighted by Crippen LogP contribution is 2.41. The fourth-order valence-electron chi connectivity index (χ4n) is 3.42. The summed E-state index contributed by atoms with van der Waals surface area (Å²) in [6.45, 7) is 4.05. The molecule has 1 aliphatic carbocycles. The van der Waals surface area contributed by atoms with Crippen molar-refractivity contribution in [3.8, 4) is 0 Å². The maximum Gasteiger partial charge on any atom is 0.0454 e. The summed E-state index contributed by atoms with van der Waals surface area (Å²) in [4.78, 5) is 22.4. The van der Waals surface area contributed by atoms with E-state index < -0.39 is 23.8 Å². The lowest BCUT2D eigenvalue weighted by Crippen LogP contribution is -2.50. The molecule has 0 amide bonds. The van der Waals surface area contributed by atoms with Crippen molar-refractivity contribution in [2.75, 3.05) is 0 Å². The molecule has 4 nitrogen and oxygen atoms in total. The second-order valence-electron chi connectivity index (χ2n) is 5.45. The highest BCUT2D eigenvalue weighted by molar-refractivity contribution is 5.78. The van der Waals surface area contributed by atoms with Crippen LogP contribution >= 0.6 is 0 Å². The van der Waals surface area contributed by atoms with Crippen molar-refractivity contribution in [1.82, 2.24) is 0 Å². The van der Waals surface area contributed by atoms with Crippen LogP contribution in [-0.2, 0) is 9.59 Å². The van der Waals surface area contributed by atoms with Gasteiger partial charge in [-0.2, -0.15) is 0 Å². The van der Waals surface area contributed by atoms with E-state index in [1.807, 2.05) is 6.92 Å². The van der Waals surface area contributed by atoms with E-state index in [0.717, 1.165) is 32.1 Å². The lowest BCUT2D eigenvalue weighted by molar-refractivity contribution is -0.331. The van der Waals surface area contributed by atoms with Gasteiger partial charge in [-0.05, 0) is 24.7 Å². The molecule has 0 saturated heterocycles. The molecule has 0 radical (unpaired) electrons. The molecule has 0 N–H and O–H groups in total. The molecule has 1 rings (SSSR count). The quantitative estimate of drug-likeness (QED) is 0.684. The van der Waals surface area contributed by atoms with Gasteiger partial charge in [-0.1, -0.05) is 39.5 Å². The third-order valence-corrected chi connectivity index (χ3v) is 4.10. The van der Waals surface area contributed by atoms with Crippen LogP contribution in [0.2, 0.25) is 0 Å². The number of hydrogen-bond acceptors (Lipinski definition) is 4. The molecule has 4 unspecified atom stereocenters. The van der Waals surface area contributed by atoms with E-state index in [0.29, 0.717) is 12.3 Å². The van der Waals surface area contributed by atoms with Crippen LogP contribution < -0.4 is 10.2 Å². The third kappa shape index (κ3) is 3.47. The zero-order valence-corrected chi connectivity index (χ0v) is 11.2. The predicted molar refractivity (Wildman–Crippen MR) is 63.0 cm³/mol. The summed E-state index contributed by atoms with van der Waals surface area (Å²) in [6.07, 6.45) is 4.82. The molecule has 4 atom stereocenters. The number of rotatable bonds is 6. The Kier molecular flexibility index (Phi) is 5.63. The van der Waals surface area contributed by atoms with Gasteiger partial charge in [-0.3, -0.25) is 0 Å². The van der Waals surface area contributed by atoms with Gasteiger partial charge in [0.2, 0.25) is 0 Å². The smallest absolute Gasteiger partial charge is 0.0454 e. The Morgan fingerprint density at radius 3 is 2.06 bits per heavy atom. The van der Waals surface area contributed by atoms with E-state index in [9.17, 15) is 19.8 Å². The van der Waals surface area contributed by atoms with Crippen LogP contribution in [0.4, 0.5) is 0 Å². The second kappa shape index (κ2) is 6.76. The molecule has 0 spiro atoms. The fraction of sp³-hybridized carbons (Fsp3) is 0.857. The SMILES string of the molecule is CCCC1CC(CCC)C(C(=O)[O-])C(C(=O)[O-])C1. The summed E-state index contributed by atoms with van der Waals surface area (Å²) in [7, 11) is 0. The fourth-order valence-corrected chi connectivity index (χ4v) is 3.42. The molecule has 0 aromatic carbocycles. The van der Waals surface area contributed by atoms with Crippen molar-refractivity contribution in [1.29, 1.82) is 0 Å². The van der Waals surface area contributed by atoms with E-state index in [4.69, 9.17) is 0 Å². The van der Waals surface area contributed by atoms with E-state index in [1.165, 1.54) is 0 Å². The Balaban J connectivity index is 2.89. The van der Waals surface area contributed by atoms with Gasteiger partial charge in [-0.15, -0.1) is 0 Å². The molecule has 0 aliphatic heterocycles. The number of hydrogen-bond donors (Lipinski definition) is 0. The van der Waals surface area contributed by atoms with Crippen LogP contribution in [0, 0.1) is 23.7 Å². The van der Waals surface area contributed by atoms with E-state index in [-0.39, 0.29) is 5.92 Å². The van der Waals surface area contributed by atoms with Crippen LogP contribution in [0.25, 0.3) is 0 Å². The molecular formula is C14H22O4-2. The Bertz CT molecular complexity index is 300. The number of aliphatic carboxylic acids is 2. The van der Waals surface area contributed by atoms with E-state index >= 15 is 0 Å². The van der Waals surface area contributed by atoms with Gasteiger partial charge in [0.1, 0.15) is 0 Å². The predicted octanol–water partition coefficient (Wildman–Crippen LogP) is 0.345. The maximum absolute atomic E-state index is 11.2. The van der Waals surface area contributed by atoms with Gasteiger partial charge in [0.25, 0.3) is 0 Å². The summed E-state index contributed by atoms with van der Waals surface area (Å²) >= 11 is 0. The summed E-state index contributed by atoms with van der Waals surface area (Å²) in [5.41, 5.74) is 0. The first-order chi connectivity index (χ1) is 8.51. The van der Waals surface area contributed by atoms with Crippen LogP contribution in [0.3, 0.4) is 0 Å². The topological polar surface area (TPSA) is 80.3 Å². The first-order valence-electron chi connectivity index (χ1n) is 6.92.